The van der Waals surface area contributed by atoms with Crippen LogP contribution in [0.5, 0.6) is 0 Å². The van der Waals surface area contributed by atoms with E-state index in [2.05, 4.69) is 38.4 Å². The Hall–Kier alpha value is -0.0900. The van der Waals surface area contributed by atoms with Crippen LogP contribution in [0.4, 0.5) is 0 Å². The van der Waals surface area contributed by atoms with Gasteiger partial charge in [0, 0.05) is 5.56 Å². The Balaban J connectivity index is 0.00000128. The lowest BCUT2D eigenvalue weighted by atomic mass is 10.0. The number of halogens is 1. The molecular weight excluding hydrogens is 309 g/mol. The third-order valence-electron chi connectivity index (χ3n) is 3.43. The van der Waals surface area contributed by atoms with Crippen LogP contribution in [0.25, 0.3) is 0 Å². The number of quaternary nitrogens is 1. The van der Waals surface area contributed by atoms with E-state index in [1.54, 1.807) is 11.1 Å². The molecule has 1 aromatic rings. The van der Waals surface area contributed by atoms with Gasteiger partial charge in [0.1, 0.15) is 6.54 Å². The normalized spacial score (nSPS) is 19.6. The molecular formula is C14H22IN. The van der Waals surface area contributed by atoms with Crippen LogP contribution in [0, 0.1) is 0 Å². The van der Waals surface area contributed by atoms with Crippen molar-refractivity contribution < 1.29 is 28.5 Å². The molecule has 2 rings (SSSR count). The molecule has 0 amide bonds. The molecule has 16 heavy (non-hydrogen) atoms. The predicted octanol–water partition coefficient (Wildman–Crippen LogP) is -0.00660. The van der Waals surface area contributed by atoms with Crippen LogP contribution < -0.4 is 24.0 Å². The number of fused-ring (bicyclic) bond motifs is 1. The van der Waals surface area contributed by atoms with Crippen molar-refractivity contribution >= 4 is 0 Å². The minimum atomic E-state index is 0. The van der Waals surface area contributed by atoms with Gasteiger partial charge in [-0.15, -0.1) is 0 Å². The number of benzene rings is 1. The Morgan fingerprint density at radius 1 is 0.938 bits per heavy atom. The highest BCUT2D eigenvalue weighted by Crippen LogP contribution is 2.20. The maximum atomic E-state index is 2.35. The van der Waals surface area contributed by atoms with Crippen molar-refractivity contribution in [1.29, 1.82) is 0 Å². The molecule has 0 N–H and O–H groups in total. The second-order valence-electron chi connectivity index (χ2n) is 5.40. The lowest BCUT2D eigenvalue weighted by Crippen LogP contribution is -3.00. The minimum Gasteiger partial charge on any atom is -1.00 e. The SMILES string of the molecule is C[N+]1(C)CCCCCc2ccccc2C1.[I-]. The Kier molecular flexibility index (Phi) is 5.25. The van der Waals surface area contributed by atoms with Crippen molar-refractivity contribution in [1.82, 2.24) is 0 Å². The van der Waals surface area contributed by atoms with Gasteiger partial charge < -0.3 is 28.5 Å². The summed E-state index contributed by atoms with van der Waals surface area (Å²) in [5, 5.41) is 0. The van der Waals surface area contributed by atoms with Crippen molar-refractivity contribution in [2.75, 3.05) is 20.6 Å². The standard InChI is InChI=1S/C14H22N.HI/c1-15(2)11-7-3-4-8-13-9-5-6-10-14(13)12-15;/h5-6,9-10H,3-4,7-8,11-12H2,1-2H3;1H/q+1;/p-1. The summed E-state index contributed by atoms with van der Waals surface area (Å²) in [5.41, 5.74) is 3.13. The smallest absolute Gasteiger partial charge is 0.104 e. The van der Waals surface area contributed by atoms with Gasteiger partial charge in [0.2, 0.25) is 0 Å². The molecule has 0 spiro atoms. The lowest BCUT2D eigenvalue weighted by Gasteiger charge is -2.30. The number of aryl methyl sites for hydroxylation is 1. The maximum absolute atomic E-state index is 2.35. The summed E-state index contributed by atoms with van der Waals surface area (Å²) in [5.74, 6) is 0. The fraction of sp³-hybridized carbons (Fsp3) is 0.571. The molecule has 1 aliphatic heterocycles. The van der Waals surface area contributed by atoms with Crippen molar-refractivity contribution in [2.45, 2.75) is 32.2 Å². The van der Waals surface area contributed by atoms with Crippen LogP contribution in [-0.2, 0) is 13.0 Å². The van der Waals surface area contributed by atoms with E-state index in [0.29, 0.717) is 0 Å². The molecule has 0 saturated heterocycles. The lowest BCUT2D eigenvalue weighted by molar-refractivity contribution is -0.903. The highest BCUT2D eigenvalue weighted by atomic mass is 127. The molecule has 0 radical (unpaired) electrons. The topological polar surface area (TPSA) is 0 Å². The predicted molar refractivity (Wildman–Crippen MR) is 64.7 cm³/mol. The third-order valence-corrected chi connectivity index (χ3v) is 3.43. The maximum Gasteiger partial charge on any atom is 0.104 e. The zero-order chi connectivity index (χ0) is 10.7. The minimum absolute atomic E-state index is 0. The first-order valence-corrected chi connectivity index (χ1v) is 6.06. The Labute approximate surface area is 116 Å². The van der Waals surface area contributed by atoms with Gasteiger partial charge >= 0.3 is 0 Å². The molecule has 1 heterocycles. The van der Waals surface area contributed by atoms with Crippen molar-refractivity contribution in [3.8, 4) is 0 Å². The summed E-state index contributed by atoms with van der Waals surface area (Å²) < 4.78 is 1.14. The van der Waals surface area contributed by atoms with E-state index < -0.39 is 0 Å². The van der Waals surface area contributed by atoms with Gasteiger partial charge in [-0.2, -0.15) is 0 Å². The molecule has 1 aliphatic rings. The van der Waals surface area contributed by atoms with E-state index in [9.17, 15) is 0 Å². The van der Waals surface area contributed by atoms with Crippen molar-refractivity contribution in [3.63, 3.8) is 0 Å². The molecule has 1 aromatic carbocycles. The van der Waals surface area contributed by atoms with Crippen molar-refractivity contribution in [3.05, 3.63) is 35.4 Å². The van der Waals surface area contributed by atoms with Crippen LogP contribution >= 0.6 is 0 Å². The first-order valence-electron chi connectivity index (χ1n) is 6.06. The summed E-state index contributed by atoms with van der Waals surface area (Å²) in [7, 11) is 4.70. The van der Waals surface area contributed by atoms with Crippen LogP contribution in [0.3, 0.4) is 0 Å². The monoisotopic (exact) mass is 331 g/mol. The van der Waals surface area contributed by atoms with E-state index >= 15 is 0 Å². The Morgan fingerprint density at radius 2 is 1.62 bits per heavy atom. The van der Waals surface area contributed by atoms with Gasteiger partial charge in [-0.05, 0) is 31.2 Å². The number of hydrogen-bond acceptors (Lipinski definition) is 0. The van der Waals surface area contributed by atoms with Crippen molar-refractivity contribution in [2.24, 2.45) is 0 Å². The Morgan fingerprint density at radius 3 is 2.38 bits per heavy atom. The highest BCUT2D eigenvalue weighted by molar-refractivity contribution is 5.26. The fourth-order valence-electron chi connectivity index (χ4n) is 2.53. The third kappa shape index (κ3) is 3.74. The number of rotatable bonds is 0. The molecule has 0 saturated carbocycles. The quantitative estimate of drug-likeness (QED) is 0.464. The van der Waals surface area contributed by atoms with E-state index in [1.807, 2.05) is 0 Å². The van der Waals surface area contributed by atoms with Gasteiger partial charge in [0.25, 0.3) is 0 Å². The zero-order valence-electron chi connectivity index (χ0n) is 10.4. The molecule has 0 atom stereocenters. The molecule has 90 valence electrons. The Bertz CT molecular complexity index is 333. The van der Waals surface area contributed by atoms with Gasteiger partial charge in [-0.3, -0.25) is 0 Å². The largest absolute Gasteiger partial charge is 1.00 e. The molecule has 2 heteroatoms. The van der Waals surface area contributed by atoms with Crippen LogP contribution in [0.15, 0.2) is 24.3 Å². The highest BCUT2D eigenvalue weighted by Gasteiger charge is 2.18. The first-order chi connectivity index (χ1) is 7.17. The molecule has 0 fully saturated rings. The van der Waals surface area contributed by atoms with E-state index in [1.165, 1.54) is 38.8 Å². The molecule has 0 bridgehead atoms. The number of hydrogen-bond donors (Lipinski definition) is 0. The second-order valence-corrected chi connectivity index (χ2v) is 5.40. The molecule has 0 unspecified atom stereocenters. The first kappa shape index (κ1) is 14.0. The van der Waals surface area contributed by atoms with Crippen LogP contribution in [0.1, 0.15) is 30.4 Å². The zero-order valence-corrected chi connectivity index (χ0v) is 12.5. The second kappa shape index (κ2) is 6.01. The summed E-state index contributed by atoms with van der Waals surface area (Å²) >= 11 is 0. The average molecular weight is 331 g/mol. The van der Waals surface area contributed by atoms with Gasteiger partial charge in [0.05, 0.1) is 20.6 Å². The summed E-state index contributed by atoms with van der Waals surface area (Å²) in [6.07, 6.45) is 5.39. The van der Waals surface area contributed by atoms with Gasteiger partial charge in [0.15, 0.2) is 0 Å². The van der Waals surface area contributed by atoms with E-state index in [0.717, 1.165) is 4.48 Å². The van der Waals surface area contributed by atoms with Crippen LogP contribution in [-0.4, -0.2) is 25.1 Å². The van der Waals surface area contributed by atoms with Crippen LogP contribution in [0.2, 0.25) is 0 Å². The van der Waals surface area contributed by atoms with Gasteiger partial charge in [-0.1, -0.05) is 24.3 Å². The molecule has 0 aromatic heterocycles. The number of nitrogens with zero attached hydrogens (tertiary/aromatic N) is 1. The molecule has 0 aliphatic carbocycles. The summed E-state index contributed by atoms with van der Waals surface area (Å²) in [4.78, 5) is 0. The molecule has 1 nitrogen and oxygen atoms in total. The fourth-order valence-corrected chi connectivity index (χ4v) is 2.53. The van der Waals surface area contributed by atoms with E-state index in [-0.39, 0.29) is 24.0 Å². The van der Waals surface area contributed by atoms with Gasteiger partial charge in [-0.25, -0.2) is 0 Å². The average Bonchev–Trinajstić information content (AvgIpc) is 2.25. The van der Waals surface area contributed by atoms with E-state index in [4.69, 9.17) is 0 Å². The summed E-state index contributed by atoms with van der Waals surface area (Å²) in [6, 6.07) is 8.97. The summed E-state index contributed by atoms with van der Waals surface area (Å²) in [6.45, 7) is 2.50.